The van der Waals surface area contributed by atoms with Crippen LogP contribution < -0.4 is 10.6 Å². The zero-order chi connectivity index (χ0) is 16.4. The minimum atomic E-state index is -0.775. The third kappa shape index (κ3) is 3.69. The molecule has 1 aromatic heterocycles. The Morgan fingerprint density at radius 2 is 2.00 bits per heavy atom. The van der Waals surface area contributed by atoms with Crippen LogP contribution >= 0.6 is 22.9 Å². The van der Waals surface area contributed by atoms with E-state index in [1.54, 1.807) is 24.3 Å². The number of amides is 2. The van der Waals surface area contributed by atoms with Crippen LogP contribution in [0.2, 0.25) is 5.02 Å². The van der Waals surface area contributed by atoms with E-state index in [1.807, 2.05) is 7.05 Å². The zero-order valence-corrected chi connectivity index (χ0v) is 14.0. The van der Waals surface area contributed by atoms with Crippen LogP contribution in [0.1, 0.15) is 10.6 Å². The Morgan fingerprint density at radius 1 is 1.26 bits per heavy atom. The summed E-state index contributed by atoms with van der Waals surface area (Å²) in [5, 5.41) is 5.86. The lowest BCUT2D eigenvalue weighted by atomic mass is 10.2. The summed E-state index contributed by atoms with van der Waals surface area (Å²) in [4.78, 5) is 31.6. The van der Waals surface area contributed by atoms with Gasteiger partial charge in [0.15, 0.2) is 5.13 Å². The molecule has 1 aliphatic rings. The van der Waals surface area contributed by atoms with Crippen molar-refractivity contribution >= 4 is 45.6 Å². The van der Waals surface area contributed by atoms with Crippen molar-refractivity contribution in [2.24, 2.45) is 0 Å². The standard InChI is InChI=1S/C15H15ClN4O2S/c1-20-7-6-11-12(8-20)23-15(18-11)19-14(22)13(21)17-10-5-3-2-4-9(10)16/h2-5H,6-8H2,1H3,(H,17,21)(H,18,19,22). The number of nitrogens with zero attached hydrogens (tertiary/aromatic N) is 2. The SMILES string of the molecule is CN1CCc2nc(NC(=O)C(=O)Nc3ccccc3Cl)sc2C1. The van der Waals surface area contributed by atoms with Crippen molar-refractivity contribution in [2.45, 2.75) is 13.0 Å². The van der Waals surface area contributed by atoms with E-state index in [2.05, 4.69) is 20.5 Å². The number of para-hydroxylation sites is 1. The third-order valence-corrected chi connectivity index (χ3v) is 4.80. The van der Waals surface area contributed by atoms with Gasteiger partial charge in [-0.05, 0) is 19.2 Å². The van der Waals surface area contributed by atoms with Gasteiger partial charge in [-0.3, -0.25) is 14.9 Å². The lowest BCUT2D eigenvalue weighted by Gasteiger charge is -2.20. The molecule has 2 N–H and O–H groups in total. The molecular formula is C15H15ClN4O2S. The molecule has 0 spiro atoms. The molecule has 120 valence electrons. The van der Waals surface area contributed by atoms with Gasteiger partial charge in [0.1, 0.15) is 0 Å². The summed E-state index contributed by atoms with van der Waals surface area (Å²) < 4.78 is 0. The van der Waals surface area contributed by atoms with Gasteiger partial charge in [0.05, 0.1) is 16.4 Å². The number of nitrogens with one attached hydrogen (secondary N) is 2. The number of rotatable bonds is 2. The fourth-order valence-electron chi connectivity index (χ4n) is 2.27. The van der Waals surface area contributed by atoms with E-state index >= 15 is 0 Å². The normalized spacial score (nSPS) is 14.2. The largest absolute Gasteiger partial charge is 0.316 e. The Hall–Kier alpha value is -1.96. The number of halogens is 1. The molecule has 0 fully saturated rings. The monoisotopic (exact) mass is 350 g/mol. The molecule has 0 bridgehead atoms. The Morgan fingerprint density at radius 3 is 2.78 bits per heavy atom. The van der Waals surface area contributed by atoms with Gasteiger partial charge in [0, 0.05) is 24.4 Å². The topological polar surface area (TPSA) is 74.3 Å². The molecule has 0 aliphatic carbocycles. The second-order valence-corrected chi connectivity index (χ2v) is 6.76. The molecule has 0 atom stereocenters. The van der Waals surface area contributed by atoms with Gasteiger partial charge in [-0.25, -0.2) is 4.98 Å². The average Bonchev–Trinajstić information content (AvgIpc) is 2.90. The minimum Gasteiger partial charge on any atom is -0.316 e. The Kier molecular flexibility index (Phi) is 4.61. The van der Waals surface area contributed by atoms with Crippen LogP contribution in [0.25, 0.3) is 0 Å². The maximum absolute atomic E-state index is 12.0. The van der Waals surface area contributed by atoms with Gasteiger partial charge in [-0.2, -0.15) is 0 Å². The number of carbonyl (C=O) groups excluding carboxylic acids is 2. The van der Waals surface area contributed by atoms with E-state index in [-0.39, 0.29) is 0 Å². The maximum Gasteiger partial charge on any atom is 0.315 e. The Bertz CT molecular complexity index is 762. The van der Waals surface area contributed by atoms with Crippen LogP contribution in [0.4, 0.5) is 10.8 Å². The first-order valence-corrected chi connectivity index (χ1v) is 8.26. The van der Waals surface area contributed by atoms with Gasteiger partial charge in [-0.1, -0.05) is 23.7 Å². The molecule has 2 aromatic rings. The number of thiazole rings is 1. The molecule has 0 saturated heterocycles. The van der Waals surface area contributed by atoms with E-state index < -0.39 is 11.8 Å². The number of hydrogen-bond donors (Lipinski definition) is 2. The van der Waals surface area contributed by atoms with Crippen LogP contribution in [-0.4, -0.2) is 35.3 Å². The Labute approximate surface area is 142 Å². The number of hydrogen-bond acceptors (Lipinski definition) is 5. The minimum absolute atomic E-state index is 0.376. The molecule has 0 radical (unpaired) electrons. The molecule has 6 nitrogen and oxygen atoms in total. The fourth-order valence-corrected chi connectivity index (χ4v) is 3.54. The smallest absolute Gasteiger partial charge is 0.315 e. The highest BCUT2D eigenvalue weighted by molar-refractivity contribution is 7.16. The fraction of sp³-hybridized carbons (Fsp3) is 0.267. The molecule has 1 aliphatic heterocycles. The predicted molar refractivity (Wildman–Crippen MR) is 90.9 cm³/mol. The molecule has 2 amide bonds. The van der Waals surface area contributed by atoms with Crippen molar-refractivity contribution in [3.8, 4) is 0 Å². The molecule has 8 heteroatoms. The van der Waals surface area contributed by atoms with Gasteiger partial charge < -0.3 is 10.2 Å². The number of anilines is 2. The lowest BCUT2D eigenvalue weighted by Crippen LogP contribution is -2.29. The Balaban J connectivity index is 1.65. The van der Waals surface area contributed by atoms with E-state index in [0.717, 1.165) is 30.1 Å². The lowest BCUT2D eigenvalue weighted by molar-refractivity contribution is -0.132. The highest BCUT2D eigenvalue weighted by atomic mass is 35.5. The van der Waals surface area contributed by atoms with Crippen molar-refractivity contribution in [3.05, 3.63) is 39.9 Å². The van der Waals surface area contributed by atoms with Gasteiger partial charge in [0.2, 0.25) is 0 Å². The summed E-state index contributed by atoms with van der Waals surface area (Å²) >= 11 is 7.36. The van der Waals surface area contributed by atoms with Crippen LogP contribution in [0, 0.1) is 0 Å². The zero-order valence-electron chi connectivity index (χ0n) is 12.4. The number of carbonyl (C=O) groups is 2. The molecule has 2 heterocycles. The summed E-state index contributed by atoms with van der Waals surface area (Å²) in [7, 11) is 2.04. The summed E-state index contributed by atoms with van der Waals surface area (Å²) in [6.07, 6.45) is 0.851. The second-order valence-electron chi connectivity index (χ2n) is 5.26. The summed E-state index contributed by atoms with van der Waals surface area (Å²) in [5.74, 6) is -1.53. The second kappa shape index (κ2) is 6.66. The van der Waals surface area contributed by atoms with Gasteiger partial charge in [-0.15, -0.1) is 11.3 Å². The molecule has 0 saturated carbocycles. The van der Waals surface area contributed by atoms with Crippen molar-refractivity contribution in [1.29, 1.82) is 0 Å². The van der Waals surface area contributed by atoms with Crippen molar-refractivity contribution < 1.29 is 9.59 Å². The molecule has 1 aromatic carbocycles. The molecule has 0 unspecified atom stereocenters. The number of aromatic nitrogens is 1. The van der Waals surface area contributed by atoms with E-state index in [4.69, 9.17) is 11.6 Å². The van der Waals surface area contributed by atoms with E-state index in [9.17, 15) is 9.59 Å². The van der Waals surface area contributed by atoms with E-state index in [1.165, 1.54) is 11.3 Å². The number of likely N-dealkylation sites (N-methyl/N-ethyl adjacent to an activating group) is 1. The van der Waals surface area contributed by atoms with Crippen LogP contribution in [-0.2, 0) is 22.6 Å². The summed E-state index contributed by atoms with van der Waals surface area (Å²) in [6, 6.07) is 6.74. The first-order chi connectivity index (χ1) is 11.0. The summed E-state index contributed by atoms with van der Waals surface area (Å²) in [6.45, 7) is 1.76. The summed E-state index contributed by atoms with van der Waals surface area (Å²) in [5.41, 5.74) is 1.39. The highest BCUT2D eigenvalue weighted by Gasteiger charge is 2.21. The van der Waals surface area contributed by atoms with Gasteiger partial charge in [0.25, 0.3) is 0 Å². The van der Waals surface area contributed by atoms with Crippen LogP contribution in [0.15, 0.2) is 24.3 Å². The van der Waals surface area contributed by atoms with Crippen molar-refractivity contribution in [3.63, 3.8) is 0 Å². The van der Waals surface area contributed by atoms with E-state index in [0.29, 0.717) is 15.8 Å². The van der Waals surface area contributed by atoms with Crippen molar-refractivity contribution in [2.75, 3.05) is 24.2 Å². The van der Waals surface area contributed by atoms with Crippen LogP contribution in [0.3, 0.4) is 0 Å². The molecular weight excluding hydrogens is 336 g/mol. The first kappa shape index (κ1) is 15.9. The highest BCUT2D eigenvalue weighted by Crippen LogP contribution is 2.27. The molecule has 3 rings (SSSR count). The van der Waals surface area contributed by atoms with Crippen LogP contribution in [0.5, 0.6) is 0 Å². The number of fused-ring (bicyclic) bond motifs is 1. The third-order valence-electron chi connectivity index (χ3n) is 3.47. The maximum atomic E-state index is 12.0. The number of benzene rings is 1. The van der Waals surface area contributed by atoms with Crippen molar-refractivity contribution in [1.82, 2.24) is 9.88 Å². The van der Waals surface area contributed by atoms with Gasteiger partial charge >= 0.3 is 11.8 Å². The molecule has 23 heavy (non-hydrogen) atoms. The average molecular weight is 351 g/mol. The first-order valence-electron chi connectivity index (χ1n) is 7.07. The quantitative estimate of drug-likeness (QED) is 0.815. The predicted octanol–water partition coefficient (Wildman–Crippen LogP) is 2.36.